The molecule has 3 rings (SSSR count). The largest absolute Gasteiger partial charge is 0.493 e. The molecule has 6 nitrogen and oxygen atoms in total. The Morgan fingerprint density at radius 1 is 1.12 bits per heavy atom. The van der Waals surface area contributed by atoms with Crippen molar-refractivity contribution < 1.29 is 23.8 Å². The summed E-state index contributed by atoms with van der Waals surface area (Å²) >= 11 is 0. The van der Waals surface area contributed by atoms with Gasteiger partial charge in [-0.3, -0.25) is 9.59 Å². The summed E-state index contributed by atoms with van der Waals surface area (Å²) in [6.45, 7) is 0. The molecule has 25 heavy (non-hydrogen) atoms. The van der Waals surface area contributed by atoms with Gasteiger partial charge in [0.25, 0.3) is 0 Å². The highest BCUT2D eigenvalue weighted by Gasteiger charge is 2.17. The van der Waals surface area contributed by atoms with Crippen LogP contribution in [0.25, 0.3) is 22.3 Å². The molecule has 1 N–H and O–H groups in total. The molecule has 2 aromatic carbocycles. The van der Waals surface area contributed by atoms with E-state index >= 15 is 0 Å². The second kappa shape index (κ2) is 6.68. The van der Waals surface area contributed by atoms with Gasteiger partial charge >= 0.3 is 5.97 Å². The second-order valence-electron chi connectivity index (χ2n) is 5.38. The van der Waals surface area contributed by atoms with Crippen LogP contribution in [0.3, 0.4) is 0 Å². The number of benzene rings is 2. The highest BCUT2D eigenvalue weighted by atomic mass is 16.5. The van der Waals surface area contributed by atoms with Crippen molar-refractivity contribution in [2.24, 2.45) is 0 Å². The third kappa shape index (κ3) is 3.06. The third-order valence-electron chi connectivity index (χ3n) is 3.85. The first-order valence-electron chi connectivity index (χ1n) is 7.54. The zero-order valence-corrected chi connectivity index (χ0v) is 13.7. The zero-order valence-electron chi connectivity index (χ0n) is 13.7. The number of rotatable bonds is 5. The molecule has 3 aromatic rings. The van der Waals surface area contributed by atoms with Crippen molar-refractivity contribution in [3.63, 3.8) is 0 Å². The maximum absolute atomic E-state index is 12.5. The average molecular weight is 340 g/mol. The van der Waals surface area contributed by atoms with Crippen LogP contribution in [0.2, 0.25) is 0 Å². The van der Waals surface area contributed by atoms with Crippen LogP contribution in [0, 0.1) is 0 Å². The van der Waals surface area contributed by atoms with Crippen LogP contribution in [-0.2, 0) is 11.2 Å². The first-order chi connectivity index (χ1) is 12.0. The number of carboxylic acid groups (broad SMARTS) is 1. The predicted octanol–water partition coefficient (Wildman–Crippen LogP) is 3.10. The zero-order chi connectivity index (χ0) is 18.0. The number of hydrogen-bond donors (Lipinski definition) is 1. The lowest BCUT2D eigenvalue weighted by atomic mass is 10.1. The third-order valence-corrected chi connectivity index (χ3v) is 3.85. The van der Waals surface area contributed by atoms with E-state index < -0.39 is 5.97 Å². The van der Waals surface area contributed by atoms with Gasteiger partial charge in [0.15, 0.2) is 16.9 Å². The number of hydrogen-bond acceptors (Lipinski definition) is 5. The molecule has 0 saturated carbocycles. The number of ether oxygens (including phenoxy) is 2. The Kier molecular flexibility index (Phi) is 4.43. The topological polar surface area (TPSA) is 86.0 Å². The minimum absolute atomic E-state index is 0.237. The fourth-order valence-corrected chi connectivity index (χ4v) is 2.75. The van der Waals surface area contributed by atoms with Crippen molar-refractivity contribution in [3.05, 3.63) is 58.3 Å². The van der Waals surface area contributed by atoms with Gasteiger partial charge < -0.3 is 19.0 Å². The monoisotopic (exact) mass is 340 g/mol. The molecule has 128 valence electrons. The lowest BCUT2D eigenvalue weighted by molar-refractivity contribution is -0.136. The van der Waals surface area contributed by atoms with Gasteiger partial charge in [-0.2, -0.15) is 0 Å². The number of aliphatic carboxylic acids is 1. The molecule has 1 aromatic heterocycles. The van der Waals surface area contributed by atoms with Crippen LogP contribution >= 0.6 is 0 Å². The molecule has 0 radical (unpaired) electrons. The van der Waals surface area contributed by atoms with Gasteiger partial charge in [0, 0.05) is 11.6 Å². The van der Waals surface area contributed by atoms with E-state index in [0.29, 0.717) is 28.0 Å². The Morgan fingerprint density at radius 3 is 2.56 bits per heavy atom. The molecule has 0 aliphatic carbocycles. The summed E-state index contributed by atoms with van der Waals surface area (Å²) in [5, 5.41) is 9.41. The fraction of sp³-hybridized carbons (Fsp3) is 0.158. The quantitative estimate of drug-likeness (QED) is 0.768. The predicted molar refractivity (Wildman–Crippen MR) is 92.4 cm³/mol. The van der Waals surface area contributed by atoms with Gasteiger partial charge in [-0.25, -0.2) is 0 Å². The normalized spacial score (nSPS) is 10.6. The Hall–Kier alpha value is -3.28. The molecule has 0 aliphatic heterocycles. The van der Waals surface area contributed by atoms with E-state index in [1.54, 1.807) is 36.4 Å². The number of methoxy groups -OCH3 is 2. The van der Waals surface area contributed by atoms with Crippen LogP contribution in [0.5, 0.6) is 11.5 Å². The van der Waals surface area contributed by atoms with E-state index in [9.17, 15) is 9.59 Å². The molecular weight excluding hydrogens is 324 g/mol. The number of para-hydroxylation sites is 2. The molecule has 0 fully saturated rings. The van der Waals surface area contributed by atoms with Crippen LogP contribution in [0.4, 0.5) is 0 Å². The van der Waals surface area contributed by atoms with E-state index in [1.165, 1.54) is 20.3 Å². The highest BCUT2D eigenvalue weighted by molar-refractivity contribution is 5.85. The van der Waals surface area contributed by atoms with Crippen LogP contribution in [0.1, 0.15) is 5.56 Å². The van der Waals surface area contributed by atoms with Gasteiger partial charge in [0.2, 0.25) is 0 Å². The minimum atomic E-state index is -1.00. The molecule has 1 heterocycles. The summed E-state index contributed by atoms with van der Waals surface area (Å²) < 4.78 is 16.6. The molecule has 0 bridgehead atoms. The molecule has 0 aliphatic rings. The summed E-state index contributed by atoms with van der Waals surface area (Å²) in [7, 11) is 3.01. The number of fused-ring (bicyclic) bond motifs is 1. The SMILES string of the molecule is COc1cccc(-c2cc(=O)c3cccc(CC(=O)O)c3o2)c1OC. The average Bonchev–Trinajstić information content (AvgIpc) is 2.61. The Bertz CT molecular complexity index is 1000. The van der Waals surface area contributed by atoms with Crippen LogP contribution in [-0.4, -0.2) is 25.3 Å². The van der Waals surface area contributed by atoms with Gasteiger partial charge in [0.05, 0.1) is 31.6 Å². The maximum atomic E-state index is 12.5. The molecular formula is C19H16O6. The summed E-state index contributed by atoms with van der Waals surface area (Å²) in [4.78, 5) is 23.6. The summed E-state index contributed by atoms with van der Waals surface area (Å²) in [6.07, 6.45) is -0.237. The summed E-state index contributed by atoms with van der Waals surface area (Å²) in [5.74, 6) is 0.218. The standard InChI is InChI=1S/C19H16O6/c1-23-15-8-4-7-13(19(15)24-2)16-10-14(20)12-6-3-5-11(9-17(21)22)18(12)25-16/h3-8,10H,9H2,1-2H3,(H,21,22). The summed E-state index contributed by atoms with van der Waals surface area (Å²) in [6, 6.07) is 11.5. The van der Waals surface area contributed by atoms with E-state index in [-0.39, 0.29) is 23.2 Å². The Labute approximate surface area is 143 Å². The molecule has 0 atom stereocenters. The van der Waals surface area contributed by atoms with E-state index in [2.05, 4.69) is 0 Å². The summed E-state index contributed by atoms with van der Waals surface area (Å²) in [5.41, 5.74) is 0.988. The first-order valence-corrected chi connectivity index (χ1v) is 7.54. The molecule has 0 amide bonds. The number of carbonyl (C=O) groups is 1. The van der Waals surface area contributed by atoms with E-state index in [1.807, 2.05) is 0 Å². The van der Waals surface area contributed by atoms with Crippen molar-refractivity contribution in [2.75, 3.05) is 14.2 Å². The molecule has 0 saturated heterocycles. The van der Waals surface area contributed by atoms with Crippen molar-refractivity contribution in [3.8, 4) is 22.8 Å². The van der Waals surface area contributed by atoms with Gasteiger partial charge in [-0.15, -0.1) is 0 Å². The lowest BCUT2D eigenvalue weighted by Crippen LogP contribution is -2.05. The molecule has 0 unspecified atom stereocenters. The number of carboxylic acids is 1. The maximum Gasteiger partial charge on any atom is 0.307 e. The van der Waals surface area contributed by atoms with Crippen molar-refractivity contribution in [1.29, 1.82) is 0 Å². The van der Waals surface area contributed by atoms with E-state index in [4.69, 9.17) is 19.0 Å². The first kappa shape index (κ1) is 16.6. The van der Waals surface area contributed by atoms with Gasteiger partial charge in [0.1, 0.15) is 11.3 Å². The van der Waals surface area contributed by atoms with E-state index in [0.717, 1.165) is 0 Å². The molecule has 6 heteroatoms. The van der Waals surface area contributed by atoms with Crippen LogP contribution in [0.15, 0.2) is 51.7 Å². The lowest BCUT2D eigenvalue weighted by Gasteiger charge is -2.12. The smallest absolute Gasteiger partial charge is 0.307 e. The Balaban J connectivity index is 2.29. The molecule has 0 spiro atoms. The van der Waals surface area contributed by atoms with Gasteiger partial charge in [-0.1, -0.05) is 18.2 Å². The highest BCUT2D eigenvalue weighted by Crippen LogP contribution is 2.38. The van der Waals surface area contributed by atoms with Crippen molar-refractivity contribution in [1.82, 2.24) is 0 Å². The minimum Gasteiger partial charge on any atom is -0.493 e. The second-order valence-corrected chi connectivity index (χ2v) is 5.38. The van der Waals surface area contributed by atoms with Crippen molar-refractivity contribution in [2.45, 2.75) is 6.42 Å². The fourth-order valence-electron chi connectivity index (χ4n) is 2.75. The Morgan fingerprint density at radius 2 is 1.88 bits per heavy atom. The van der Waals surface area contributed by atoms with Gasteiger partial charge in [-0.05, 0) is 18.2 Å². The van der Waals surface area contributed by atoms with Crippen molar-refractivity contribution >= 4 is 16.9 Å². The van der Waals surface area contributed by atoms with Crippen LogP contribution < -0.4 is 14.9 Å².